The molecule has 3 heterocycles. The molecule has 1 saturated carbocycles. The number of pyridine rings is 1. The molecule has 7 heteroatoms. The van der Waals surface area contributed by atoms with E-state index in [9.17, 15) is 14.7 Å². The maximum absolute atomic E-state index is 13.5. The maximum Gasteiger partial charge on any atom is 0.258 e. The van der Waals surface area contributed by atoms with Gasteiger partial charge < -0.3 is 19.7 Å². The van der Waals surface area contributed by atoms with Gasteiger partial charge in [-0.2, -0.15) is 0 Å². The van der Waals surface area contributed by atoms with Crippen molar-refractivity contribution in [3.8, 4) is 16.9 Å². The number of carbonyl (C=O) groups is 1. The average Bonchev–Trinajstić information content (AvgIpc) is 3.49. The third-order valence-corrected chi connectivity index (χ3v) is 7.48. The molecule has 2 fully saturated rings. The van der Waals surface area contributed by atoms with Crippen molar-refractivity contribution in [3.63, 3.8) is 0 Å². The standard InChI is InChI=1S/C25H31N3O4/c1-3-27-22-18(19(14-29)23(27)24(30)26-12-15-8-9-15)13-28-20(22)11-10-17(25(28)31)16-6-4-5-7-21(16)32-2/h4-7,10-11,15,18-19,22-23,29H,3,8-9,12-14H2,1-2H3,(H,26,30)/t18-,19-,22+,23-/m1/s1. The van der Waals surface area contributed by atoms with Gasteiger partial charge in [-0.3, -0.25) is 14.5 Å². The molecule has 0 bridgehead atoms. The first-order valence-corrected chi connectivity index (χ1v) is 11.6. The molecule has 5 rings (SSSR count). The summed E-state index contributed by atoms with van der Waals surface area (Å²) in [6.07, 6.45) is 2.36. The number of aliphatic hydroxyl groups is 1. The number of methoxy groups -OCH3 is 1. The number of ether oxygens (including phenoxy) is 1. The number of likely N-dealkylation sites (N-methyl/N-ethyl adjacent to an activating group) is 1. The summed E-state index contributed by atoms with van der Waals surface area (Å²) in [6.45, 7) is 3.89. The van der Waals surface area contributed by atoms with Gasteiger partial charge in [0, 0.05) is 42.8 Å². The van der Waals surface area contributed by atoms with Gasteiger partial charge in [-0.05, 0) is 43.5 Å². The van der Waals surface area contributed by atoms with Crippen molar-refractivity contribution in [2.24, 2.45) is 17.8 Å². The Morgan fingerprint density at radius 2 is 1.97 bits per heavy atom. The quantitative estimate of drug-likeness (QED) is 0.693. The molecule has 1 aromatic heterocycles. The van der Waals surface area contributed by atoms with Crippen molar-refractivity contribution >= 4 is 5.91 Å². The Kier molecular flexibility index (Phi) is 5.55. The fraction of sp³-hybridized carbons (Fsp3) is 0.520. The van der Waals surface area contributed by atoms with Crippen molar-refractivity contribution < 1.29 is 14.6 Å². The third kappa shape index (κ3) is 3.35. The number of likely N-dealkylation sites (tertiary alicyclic amines) is 1. The van der Waals surface area contributed by atoms with Crippen LogP contribution in [-0.2, 0) is 11.3 Å². The van der Waals surface area contributed by atoms with E-state index in [2.05, 4.69) is 10.2 Å². The fourth-order valence-corrected chi connectivity index (χ4v) is 5.72. The minimum Gasteiger partial charge on any atom is -0.496 e. The Balaban J connectivity index is 1.50. The molecule has 4 atom stereocenters. The molecule has 2 aromatic rings. The molecule has 1 saturated heterocycles. The number of nitrogens with one attached hydrogen (secondary N) is 1. The molecule has 1 aromatic carbocycles. The Labute approximate surface area is 188 Å². The normalized spacial score (nSPS) is 26.6. The molecule has 7 nitrogen and oxygen atoms in total. The highest BCUT2D eigenvalue weighted by atomic mass is 16.5. The van der Waals surface area contributed by atoms with E-state index in [1.807, 2.05) is 47.9 Å². The minimum absolute atomic E-state index is 0.00624. The van der Waals surface area contributed by atoms with E-state index in [0.29, 0.717) is 30.3 Å². The van der Waals surface area contributed by atoms with E-state index >= 15 is 0 Å². The first-order chi connectivity index (χ1) is 15.6. The summed E-state index contributed by atoms with van der Waals surface area (Å²) in [5.74, 6) is 1.10. The van der Waals surface area contributed by atoms with E-state index in [4.69, 9.17) is 4.74 Å². The maximum atomic E-state index is 13.5. The van der Waals surface area contributed by atoms with E-state index in [-0.39, 0.29) is 42.0 Å². The molecule has 2 N–H and O–H groups in total. The number of amides is 1. The smallest absolute Gasteiger partial charge is 0.258 e. The number of benzene rings is 1. The van der Waals surface area contributed by atoms with Gasteiger partial charge in [0.2, 0.25) is 5.91 Å². The van der Waals surface area contributed by atoms with Crippen LogP contribution in [0.15, 0.2) is 41.2 Å². The number of hydrogen-bond acceptors (Lipinski definition) is 5. The number of aliphatic hydroxyl groups excluding tert-OH is 1. The van der Waals surface area contributed by atoms with E-state index in [0.717, 1.165) is 17.8 Å². The third-order valence-electron chi connectivity index (χ3n) is 7.48. The van der Waals surface area contributed by atoms with Gasteiger partial charge in [0.05, 0.1) is 24.8 Å². The molecular weight excluding hydrogens is 406 g/mol. The van der Waals surface area contributed by atoms with E-state index < -0.39 is 0 Å². The van der Waals surface area contributed by atoms with E-state index in [1.54, 1.807) is 7.11 Å². The van der Waals surface area contributed by atoms with Gasteiger partial charge in [0.25, 0.3) is 5.56 Å². The Hall–Kier alpha value is -2.64. The molecule has 170 valence electrons. The lowest BCUT2D eigenvalue weighted by atomic mass is 9.88. The number of carbonyl (C=O) groups excluding carboxylic acids is 1. The lowest BCUT2D eigenvalue weighted by molar-refractivity contribution is -0.127. The van der Waals surface area contributed by atoms with Crippen LogP contribution in [-0.4, -0.2) is 53.3 Å². The van der Waals surface area contributed by atoms with Crippen molar-refractivity contribution in [2.45, 2.75) is 38.4 Å². The first-order valence-electron chi connectivity index (χ1n) is 11.6. The van der Waals surface area contributed by atoms with Crippen LogP contribution in [0.4, 0.5) is 0 Å². The number of fused-ring (bicyclic) bond motifs is 3. The van der Waals surface area contributed by atoms with Crippen LogP contribution >= 0.6 is 0 Å². The summed E-state index contributed by atoms with van der Waals surface area (Å²) in [5.41, 5.74) is 2.25. The minimum atomic E-state index is -0.364. The van der Waals surface area contributed by atoms with Crippen LogP contribution in [0.5, 0.6) is 5.75 Å². The Morgan fingerprint density at radius 1 is 1.19 bits per heavy atom. The molecule has 0 spiro atoms. The summed E-state index contributed by atoms with van der Waals surface area (Å²) in [7, 11) is 1.60. The SMILES string of the molecule is CCN1[C@@H]2c3ccc(-c4ccccc4OC)c(=O)n3C[C@@H]2[C@@H](CO)[C@@H]1C(=O)NCC1CC1. The molecule has 2 aliphatic heterocycles. The zero-order chi connectivity index (χ0) is 22.4. The second-order valence-corrected chi connectivity index (χ2v) is 9.21. The Bertz CT molecular complexity index is 1080. The van der Waals surface area contributed by atoms with Crippen molar-refractivity contribution in [2.75, 3.05) is 26.8 Å². The first kappa shape index (κ1) is 21.2. The largest absolute Gasteiger partial charge is 0.496 e. The second-order valence-electron chi connectivity index (χ2n) is 9.21. The van der Waals surface area contributed by atoms with Crippen LogP contribution < -0.4 is 15.6 Å². The van der Waals surface area contributed by atoms with Crippen molar-refractivity contribution in [1.82, 2.24) is 14.8 Å². The van der Waals surface area contributed by atoms with Crippen LogP contribution in [0.25, 0.3) is 11.1 Å². The highest BCUT2D eigenvalue weighted by Gasteiger charge is 2.55. The molecule has 0 unspecified atom stereocenters. The zero-order valence-electron chi connectivity index (χ0n) is 18.7. The summed E-state index contributed by atoms with van der Waals surface area (Å²) < 4.78 is 7.30. The summed E-state index contributed by atoms with van der Waals surface area (Å²) in [4.78, 5) is 28.8. The van der Waals surface area contributed by atoms with Crippen LogP contribution in [0.1, 0.15) is 31.5 Å². The topological polar surface area (TPSA) is 83.8 Å². The van der Waals surface area contributed by atoms with Crippen molar-refractivity contribution in [1.29, 1.82) is 0 Å². The summed E-state index contributed by atoms with van der Waals surface area (Å²) in [5, 5.41) is 13.4. The van der Waals surface area contributed by atoms with Gasteiger partial charge >= 0.3 is 0 Å². The van der Waals surface area contributed by atoms with Crippen LogP contribution in [0, 0.1) is 17.8 Å². The second kappa shape index (κ2) is 8.37. The van der Waals surface area contributed by atoms with Gasteiger partial charge in [-0.25, -0.2) is 0 Å². The lowest BCUT2D eigenvalue weighted by Crippen LogP contribution is -2.48. The highest BCUT2D eigenvalue weighted by molar-refractivity contribution is 5.83. The number of hydrogen-bond donors (Lipinski definition) is 2. The van der Waals surface area contributed by atoms with Crippen LogP contribution in [0.2, 0.25) is 0 Å². The molecule has 3 aliphatic rings. The lowest BCUT2D eigenvalue weighted by Gasteiger charge is -2.29. The Morgan fingerprint density at radius 3 is 2.66 bits per heavy atom. The average molecular weight is 438 g/mol. The van der Waals surface area contributed by atoms with Crippen LogP contribution in [0.3, 0.4) is 0 Å². The van der Waals surface area contributed by atoms with Gasteiger partial charge in [0.15, 0.2) is 0 Å². The highest BCUT2D eigenvalue weighted by Crippen LogP contribution is 2.49. The molecule has 0 radical (unpaired) electrons. The van der Waals surface area contributed by atoms with Gasteiger partial charge in [0.1, 0.15) is 5.75 Å². The monoisotopic (exact) mass is 437 g/mol. The van der Waals surface area contributed by atoms with Gasteiger partial charge in [-0.1, -0.05) is 25.1 Å². The van der Waals surface area contributed by atoms with E-state index in [1.165, 1.54) is 12.8 Å². The molecule has 1 amide bonds. The fourth-order valence-electron chi connectivity index (χ4n) is 5.72. The summed E-state index contributed by atoms with van der Waals surface area (Å²) in [6, 6.07) is 11.0. The molecule has 1 aliphatic carbocycles. The van der Waals surface area contributed by atoms with Gasteiger partial charge in [-0.15, -0.1) is 0 Å². The van der Waals surface area contributed by atoms with Crippen molar-refractivity contribution in [3.05, 3.63) is 52.4 Å². The number of rotatable bonds is 7. The zero-order valence-corrected chi connectivity index (χ0v) is 18.7. The predicted octanol–water partition coefficient (Wildman–Crippen LogP) is 2.03. The number of aromatic nitrogens is 1. The predicted molar refractivity (Wildman–Crippen MR) is 121 cm³/mol. The summed E-state index contributed by atoms with van der Waals surface area (Å²) >= 11 is 0. The number of nitrogens with zero attached hydrogens (tertiary/aromatic N) is 2. The molecule has 32 heavy (non-hydrogen) atoms. The molecular formula is C25H31N3O4. The number of para-hydroxylation sites is 1.